The lowest BCUT2D eigenvalue weighted by Gasteiger charge is -1.98. The lowest BCUT2D eigenvalue weighted by Crippen LogP contribution is -2.01. The number of hydrogen-bond acceptors (Lipinski definition) is 4. The Balaban J connectivity index is 1.95. The number of ketones is 1. The number of benzene rings is 2. The Morgan fingerprint density at radius 2 is 1.86 bits per heavy atom. The first-order valence-corrected chi connectivity index (χ1v) is 6.54. The van der Waals surface area contributed by atoms with Crippen LogP contribution in [-0.2, 0) is 0 Å². The number of methoxy groups -OCH3 is 1. The molecule has 0 saturated heterocycles. The van der Waals surface area contributed by atoms with Crippen LogP contribution in [0.2, 0.25) is 0 Å². The first-order valence-electron chi connectivity index (χ1n) is 6.54. The number of H-pyrrole nitrogens is 1. The number of non-ortho nitro benzene ring substituents is 1. The highest BCUT2D eigenvalue weighted by atomic mass is 16.6. The largest absolute Gasteiger partial charge is 0.497 e. The van der Waals surface area contributed by atoms with Gasteiger partial charge in [0, 0.05) is 28.6 Å². The molecule has 0 fully saturated rings. The Morgan fingerprint density at radius 1 is 1.14 bits per heavy atom. The van der Waals surface area contributed by atoms with E-state index in [1.165, 1.54) is 24.3 Å². The zero-order valence-corrected chi connectivity index (χ0v) is 11.7. The molecule has 0 saturated carbocycles. The SMILES string of the molecule is COc1ccc2[nH]c(C(=O)c3ccc([N+](=O)[O-])cc3)cc2c1. The second-order valence-corrected chi connectivity index (χ2v) is 4.77. The van der Waals surface area contributed by atoms with E-state index in [0.29, 0.717) is 17.0 Å². The third kappa shape index (κ3) is 2.42. The molecule has 22 heavy (non-hydrogen) atoms. The lowest BCUT2D eigenvalue weighted by atomic mass is 10.1. The monoisotopic (exact) mass is 296 g/mol. The van der Waals surface area contributed by atoms with Gasteiger partial charge in [-0.3, -0.25) is 14.9 Å². The van der Waals surface area contributed by atoms with E-state index in [9.17, 15) is 14.9 Å². The quantitative estimate of drug-likeness (QED) is 0.454. The summed E-state index contributed by atoms with van der Waals surface area (Å²) in [6.07, 6.45) is 0. The molecule has 0 spiro atoms. The van der Waals surface area contributed by atoms with E-state index in [4.69, 9.17) is 4.74 Å². The second kappa shape index (κ2) is 5.33. The van der Waals surface area contributed by atoms with Gasteiger partial charge in [-0.15, -0.1) is 0 Å². The van der Waals surface area contributed by atoms with Crippen molar-refractivity contribution in [1.82, 2.24) is 4.98 Å². The Morgan fingerprint density at radius 3 is 2.50 bits per heavy atom. The summed E-state index contributed by atoms with van der Waals surface area (Å²) in [4.78, 5) is 25.6. The summed E-state index contributed by atoms with van der Waals surface area (Å²) in [6.45, 7) is 0. The Bertz CT molecular complexity index is 865. The van der Waals surface area contributed by atoms with E-state index in [1.54, 1.807) is 19.2 Å². The number of aromatic nitrogens is 1. The van der Waals surface area contributed by atoms with Crippen LogP contribution in [0.5, 0.6) is 5.75 Å². The molecule has 2 aromatic carbocycles. The zero-order chi connectivity index (χ0) is 15.7. The summed E-state index contributed by atoms with van der Waals surface area (Å²) < 4.78 is 5.15. The van der Waals surface area contributed by atoms with Gasteiger partial charge < -0.3 is 9.72 Å². The number of nitrogens with zero attached hydrogens (tertiary/aromatic N) is 1. The van der Waals surface area contributed by atoms with Crippen LogP contribution in [0.25, 0.3) is 10.9 Å². The van der Waals surface area contributed by atoms with E-state index >= 15 is 0 Å². The van der Waals surface area contributed by atoms with Gasteiger partial charge in [0.25, 0.3) is 5.69 Å². The van der Waals surface area contributed by atoms with Crippen LogP contribution >= 0.6 is 0 Å². The molecule has 0 atom stereocenters. The van der Waals surface area contributed by atoms with Crippen LogP contribution in [0.3, 0.4) is 0 Å². The molecule has 1 heterocycles. The zero-order valence-electron chi connectivity index (χ0n) is 11.7. The Kier molecular flexibility index (Phi) is 3.34. The number of carbonyl (C=O) groups excluding carboxylic acids is 1. The molecule has 0 amide bonds. The van der Waals surface area contributed by atoms with E-state index < -0.39 is 4.92 Å². The van der Waals surface area contributed by atoms with Gasteiger partial charge in [-0.05, 0) is 36.4 Å². The molecule has 3 rings (SSSR count). The number of aromatic amines is 1. The third-order valence-corrected chi connectivity index (χ3v) is 3.41. The molecule has 1 N–H and O–H groups in total. The first-order chi connectivity index (χ1) is 10.6. The Labute approximate surface area is 125 Å². The maximum Gasteiger partial charge on any atom is 0.269 e. The van der Waals surface area contributed by atoms with Gasteiger partial charge >= 0.3 is 0 Å². The van der Waals surface area contributed by atoms with Gasteiger partial charge in [0.05, 0.1) is 17.7 Å². The highest BCUT2D eigenvalue weighted by molar-refractivity contribution is 6.10. The number of nitrogens with one attached hydrogen (secondary N) is 1. The van der Waals surface area contributed by atoms with Crippen molar-refractivity contribution in [3.8, 4) is 5.75 Å². The van der Waals surface area contributed by atoms with Crippen LogP contribution in [0.4, 0.5) is 5.69 Å². The van der Waals surface area contributed by atoms with E-state index in [1.807, 2.05) is 12.1 Å². The van der Waals surface area contributed by atoms with Crippen molar-refractivity contribution in [1.29, 1.82) is 0 Å². The number of fused-ring (bicyclic) bond motifs is 1. The summed E-state index contributed by atoms with van der Waals surface area (Å²) in [5.41, 5.74) is 1.60. The van der Waals surface area contributed by atoms with Crippen LogP contribution < -0.4 is 4.74 Å². The summed E-state index contributed by atoms with van der Waals surface area (Å²) >= 11 is 0. The average Bonchev–Trinajstić information content (AvgIpc) is 2.97. The minimum Gasteiger partial charge on any atom is -0.497 e. The number of rotatable bonds is 4. The molecule has 0 aliphatic rings. The minimum atomic E-state index is -0.497. The predicted molar refractivity (Wildman–Crippen MR) is 81.4 cm³/mol. The van der Waals surface area contributed by atoms with Crippen LogP contribution in [0.1, 0.15) is 16.1 Å². The van der Waals surface area contributed by atoms with Gasteiger partial charge in [0.1, 0.15) is 5.75 Å². The molecule has 0 aliphatic carbocycles. The number of nitro benzene ring substituents is 1. The topological polar surface area (TPSA) is 85.2 Å². The van der Waals surface area contributed by atoms with Crippen molar-refractivity contribution in [3.05, 3.63) is 69.9 Å². The third-order valence-electron chi connectivity index (χ3n) is 3.41. The summed E-state index contributed by atoms with van der Waals surface area (Å²) in [5, 5.41) is 11.5. The molecule has 0 unspecified atom stereocenters. The van der Waals surface area contributed by atoms with Crippen LogP contribution in [0.15, 0.2) is 48.5 Å². The molecule has 3 aromatic rings. The standard InChI is InChI=1S/C16H12N2O4/c1-22-13-6-7-14-11(8-13)9-15(17-14)16(19)10-2-4-12(5-3-10)18(20)21/h2-9,17H,1H3. The fraction of sp³-hybridized carbons (Fsp3) is 0.0625. The smallest absolute Gasteiger partial charge is 0.269 e. The summed E-state index contributed by atoms with van der Waals surface area (Å²) in [7, 11) is 1.58. The van der Waals surface area contributed by atoms with Crippen molar-refractivity contribution < 1.29 is 14.5 Å². The highest BCUT2D eigenvalue weighted by Crippen LogP contribution is 2.23. The van der Waals surface area contributed by atoms with Gasteiger partial charge in [0.2, 0.25) is 5.78 Å². The first kappa shape index (κ1) is 13.8. The molecule has 0 radical (unpaired) electrons. The summed E-state index contributed by atoms with van der Waals surface area (Å²) in [6, 6.07) is 12.7. The van der Waals surface area contributed by atoms with E-state index in [-0.39, 0.29) is 11.5 Å². The van der Waals surface area contributed by atoms with Gasteiger partial charge in [-0.1, -0.05) is 0 Å². The highest BCUT2D eigenvalue weighted by Gasteiger charge is 2.14. The van der Waals surface area contributed by atoms with Crippen molar-refractivity contribution in [2.45, 2.75) is 0 Å². The Hall–Kier alpha value is -3.15. The van der Waals surface area contributed by atoms with Crippen LogP contribution in [-0.4, -0.2) is 22.8 Å². The van der Waals surface area contributed by atoms with Crippen molar-refractivity contribution in [2.24, 2.45) is 0 Å². The van der Waals surface area contributed by atoms with E-state index in [0.717, 1.165) is 10.9 Å². The van der Waals surface area contributed by atoms with Gasteiger partial charge in [-0.2, -0.15) is 0 Å². The molecule has 1 aromatic heterocycles. The maximum atomic E-state index is 12.4. The fourth-order valence-electron chi connectivity index (χ4n) is 2.25. The van der Waals surface area contributed by atoms with E-state index in [2.05, 4.69) is 4.98 Å². The maximum absolute atomic E-state index is 12.4. The normalized spacial score (nSPS) is 10.6. The molecule has 6 nitrogen and oxygen atoms in total. The molecule has 6 heteroatoms. The minimum absolute atomic E-state index is 0.0436. The average molecular weight is 296 g/mol. The molecule has 0 aliphatic heterocycles. The lowest BCUT2D eigenvalue weighted by molar-refractivity contribution is -0.384. The van der Waals surface area contributed by atoms with Crippen molar-refractivity contribution in [3.63, 3.8) is 0 Å². The second-order valence-electron chi connectivity index (χ2n) is 4.77. The summed E-state index contributed by atoms with van der Waals surface area (Å²) in [5.74, 6) is 0.492. The molecular weight excluding hydrogens is 284 g/mol. The predicted octanol–water partition coefficient (Wildman–Crippen LogP) is 3.32. The number of nitro groups is 1. The van der Waals surface area contributed by atoms with Gasteiger partial charge in [0.15, 0.2) is 0 Å². The van der Waals surface area contributed by atoms with Crippen molar-refractivity contribution in [2.75, 3.05) is 7.11 Å². The molecule has 110 valence electrons. The fourth-order valence-corrected chi connectivity index (χ4v) is 2.25. The van der Waals surface area contributed by atoms with Gasteiger partial charge in [-0.25, -0.2) is 0 Å². The molecule has 0 bridgehead atoms. The van der Waals surface area contributed by atoms with Crippen molar-refractivity contribution >= 4 is 22.4 Å². The number of hydrogen-bond donors (Lipinski definition) is 1. The number of ether oxygens (including phenoxy) is 1. The molecular formula is C16H12N2O4. The van der Waals surface area contributed by atoms with Crippen LogP contribution in [0, 0.1) is 10.1 Å². The number of carbonyl (C=O) groups is 1.